The number of hydrogen-bond donors (Lipinski definition) is 1. The lowest BCUT2D eigenvalue weighted by atomic mass is 10.3. The van der Waals surface area contributed by atoms with Gasteiger partial charge in [-0.3, -0.25) is 4.79 Å². The van der Waals surface area contributed by atoms with Crippen LogP contribution in [0.25, 0.3) is 10.6 Å². The van der Waals surface area contributed by atoms with E-state index in [2.05, 4.69) is 36.3 Å². The zero-order valence-corrected chi connectivity index (χ0v) is 12.9. The van der Waals surface area contributed by atoms with Crippen molar-refractivity contribution in [3.05, 3.63) is 28.7 Å². The first kappa shape index (κ1) is 14.7. The van der Waals surface area contributed by atoms with Crippen LogP contribution in [0, 0.1) is 0 Å². The molecule has 0 aliphatic carbocycles. The van der Waals surface area contributed by atoms with Crippen molar-refractivity contribution in [1.82, 2.24) is 14.8 Å². The van der Waals surface area contributed by atoms with Crippen LogP contribution in [0.2, 0.25) is 0 Å². The molecular weight excluding hydrogens is 272 g/mol. The predicted octanol–water partition coefficient (Wildman–Crippen LogP) is 2.99. The van der Waals surface area contributed by atoms with Gasteiger partial charge in [0.05, 0.1) is 5.56 Å². The lowest BCUT2D eigenvalue weighted by Gasteiger charge is -2.07. The highest BCUT2D eigenvalue weighted by molar-refractivity contribution is 7.18. The maximum absolute atomic E-state index is 12.3. The standard InChI is InChI=1S/C14H20N4OS/c1-4-8-18-9-6-7-11(13(18)19)12-16-17-14(20-12)15-10(3)5-2/h6-7,9-10H,4-5,8H2,1-3H3,(H,15,17). The number of rotatable bonds is 6. The Morgan fingerprint density at radius 3 is 2.90 bits per heavy atom. The van der Waals surface area contributed by atoms with E-state index in [-0.39, 0.29) is 5.56 Å². The summed E-state index contributed by atoms with van der Waals surface area (Å²) in [7, 11) is 0. The Labute approximate surface area is 122 Å². The third-order valence-corrected chi connectivity index (χ3v) is 4.01. The van der Waals surface area contributed by atoms with Gasteiger partial charge < -0.3 is 9.88 Å². The van der Waals surface area contributed by atoms with Crippen LogP contribution < -0.4 is 10.9 Å². The molecule has 5 nitrogen and oxygen atoms in total. The fourth-order valence-corrected chi connectivity index (χ4v) is 2.69. The predicted molar refractivity (Wildman–Crippen MR) is 83.3 cm³/mol. The van der Waals surface area contributed by atoms with E-state index >= 15 is 0 Å². The Kier molecular flexibility index (Phi) is 4.89. The Bertz CT molecular complexity index is 620. The zero-order chi connectivity index (χ0) is 14.5. The van der Waals surface area contributed by atoms with Crippen LogP contribution in [0.4, 0.5) is 5.13 Å². The van der Waals surface area contributed by atoms with Gasteiger partial charge in [-0.1, -0.05) is 25.2 Å². The van der Waals surface area contributed by atoms with E-state index < -0.39 is 0 Å². The van der Waals surface area contributed by atoms with Gasteiger partial charge in [0.15, 0.2) is 5.01 Å². The minimum atomic E-state index is 0.000546. The molecule has 2 rings (SSSR count). The van der Waals surface area contributed by atoms with Gasteiger partial charge in [-0.25, -0.2) is 0 Å². The zero-order valence-electron chi connectivity index (χ0n) is 12.1. The van der Waals surface area contributed by atoms with Gasteiger partial charge in [0.25, 0.3) is 5.56 Å². The molecule has 0 aliphatic heterocycles. The molecule has 0 aliphatic rings. The molecule has 1 unspecified atom stereocenters. The maximum atomic E-state index is 12.3. The summed E-state index contributed by atoms with van der Waals surface area (Å²) in [4.78, 5) is 12.3. The fraction of sp³-hybridized carbons (Fsp3) is 0.500. The van der Waals surface area contributed by atoms with Crippen LogP contribution in [0.1, 0.15) is 33.6 Å². The molecular formula is C14H20N4OS. The number of anilines is 1. The molecule has 0 saturated carbocycles. The summed E-state index contributed by atoms with van der Waals surface area (Å²) < 4.78 is 1.72. The van der Waals surface area contributed by atoms with Gasteiger partial charge in [-0.05, 0) is 31.9 Å². The van der Waals surface area contributed by atoms with E-state index in [1.807, 2.05) is 18.3 Å². The van der Waals surface area contributed by atoms with E-state index in [9.17, 15) is 4.79 Å². The average molecular weight is 292 g/mol. The number of pyridine rings is 1. The highest BCUT2D eigenvalue weighted by Gasteiger charge is 2.12. The number of hydrogen-bond acceptors (Lipinski definition) is 5. The number of nitrogens with zero attached hydrogens (tertiary/aromatic N) is 3. The van der Waals surface area contributed by atoms with Crippen molar-refractivity contribution in [2.75, 3.05) is 5.32 Å². The SMILES string of the molecule is CCCn1cccc(-c2nnc(NC(C)CC)s2)c1=O. The minimum Gasteiger partial charge on any atom is -0.358 e. The molecule has 0 bridgehead atoms. The summed E-state index contributed by atoms with van der Waals surface area (Å²) in [6, 6.07) is 4.04. The first-order valence-corrected chi connectivity index (χ1v) is 7.77. The Hall–Kier alpha value is -1.69. The molecule has 0 amide bonds. The van der Waals surface area contributed by atoms with Crippen LogP contribution in [0.5, 0.6) is 0 Å². The largest absolute Gasteiger partial charge is 0.358 e. The van der Waals surface area contributed by atoms with Crippen LogP contribution in [0.3, 0.4) is 0 Å². The number of aromatic nitrogens is 3. The van der Waals surface area contributed by atoms with Crippen molar-refractivity contribution in [1.29, 1.82) is 0 Å². The molecule has 0 saturated heterocycles. The van der Waals surface area contributed by atoms with E-state index in [1.54, 1.807) is 4.57 Å². The summed E-state index contributed by atoms with van der Waals surface area (Å²) in [5.41, 5.74) is 0.622. The normalized spacial score (nSPS) is 12.3. The van der Waals surface area contributed by atoms with Crippen molar-refractivity contribution in [2.24, 2.45) is 0 Å². The van der Waals surface area contributed by atoms with Gasteiger partial charge in [-0.2, -0.15) is 0 Å². The second kappa shape index (κ2) is 6.65. The average Bonchev–Trinajstić information content (AvgIpc) is 2.89. The summed E-state index contributed by atoms with van der Waals surface area (Å²) in [6.45, 7) is 6.99. The summed E-state index contributed by atoms with van der Waals surface area (Å²) in [6.07, 6.45) is 3.76. The quantitative estimate of drug-likeness (QED) is 0.889. The summed E-state index contributed by atoms with van der Waals surface area (Å²) >= 11 is 1.42. The Morgan fingerprint density at radius 1 is 1.40 bits per heavy atom. The topological polar surface area (TPSA) is 59.8 Å². The number of nitrogens with one attached hydrogen (secondary N) is 1. The van der Waals surface area contributed by atoms with E-state index in [1.165, 1.54) is 11.3 Å². The van der Waals surface area contributed by atoms with Crippen molar-refractivity contribution in [3.8, 4) is 10.6 Å². The van der Waals surface area contributed by atoms with Crippen LogP contribution in [-0.2, 0) is 6.54 Å². The highest BCUT2D eigenvalue weighted by atomic mass is 32.1. The summed E-state index contributed by atoms with van der Waals surface area (Å²) in [5, 5.41) is 12.9. The molecule has 1 N–H and O–H groups in total. The second-order valence-corrected chi connectivity index (χ2v) is 5.76. The lowest BCUT2D eigenvalue weighted by Crippen LogP contribution is -2.20. The van der Waals surface area contributed by atoms with Crippen molar-refractivity contribution >= 4 is 16.5 Å². The van der Waals surface area contributed by atoms with Crippen LogP contribution in [0.15, 0.2) is 23.1 Å². The van der Waals surface area contributed by atoms with Gasteiger partial charge in [-0.15, -0.1) is 10.2 Å². The molecule has 0 spiro atoms. The Balaban J connectivity index is 2.28. The molecule has 108 valence electrons. The van der Waals surface area contributed by atoms with E-state index in [0.29, 0.717) is 16.6 Å². The minimum absolute atomic E-state index is 0.000546. The molecule has 0 aromatic carbocycles. The smallest absolute Gasteiger partial charge is 0.260 e. The van der Waals surface area contributed by atoms with Gasteiger partial charge in [0.1, 0.15) is 0 Å². The van der Waals surface area contributed by atoms with Crippen LogP contribution in [-0.4, -0.2) is 20.8 Å². The molecule has 1 atom stereocenters. The van der Waals surface area contributed by atoms with Gasteiger partial charge in [0.2, 0.25) is 5.13 Å². The summed E-state index contributed by atoms with van der Waals surface area (Å²) in [5.74, 6) is 0. The maximum Gasteiger partial charge on any atom is 0.260 e. The van der Waals surface area contributed by atoms with Gasteiger partial charge in [0, 0.05) is 18.8 Å². The molecule has 2 heterocycles. The Morgan fingerprint density at radius 2 is 2.20 bits per heavy atom. The van der Waals surface area contributed by atoms with Crippen molar-refractivity contribution in [2.45, 2.75) is 46.2 Å². The first-order chi connectivity index (χ1) is 9.65. The monoisotopic (exact) mass is 292 g/mol. The third-order valence-electron chi connectivity index (χ3n) is 3.12. The van der Waals surface area contributed by atoms with Gasteiger partial charge >= 0.3 is 0 Å². The molecule has 0 fully saturated rings. The lowest BCUT2D eigenvalue weighted by molar-refractivity contribution is 0.655. The number of aryl methyl sites for hydroxylation is 1. The first-order valence-electron chi connectivity index (χ1n) is 6.95. The second-order valence-electron chi connectivity index (χ2n) is 4.79. The van der Waals surface area contributed by atoms with Crippen LogP contribution >= 0.6 is 11.3 Å². The third kappa shape index (κ3) is 3.25. The van der Waals surface area contributed by atoms with E-state index in [0.717, 1.165) is 24.5 Å². The van der Waals surface area contributed by atoms with Crippen molar-refractivity contribution < 1.29 is 0 Å². The molecule has 6 heteroatoms. The molecule has 2 aromatic heterocycles. The molecule has 20 heavy (non-hydrogen) atoms. The molecule has 0 radical (unpaired) electrons. The fourth-order valence-electron chi connectivity index (χ4n) is 1.82. The molecule has 2 aromatic rings. The van der Waals surface area contributed by atoms with Crippen molar-refractivity contribution in [3.63, 3.8) is 0 Å². The highest BCUT2D eigenvalue weighted by Crippen LogP contribution is 2.24. The van der Waals surface area contributed by atoms with E-state index in [4.69, 9.17) is 0 Å².